The molecule has 0 aromatic heterocycles. The Labute approximate surface area is 484 Å². The van der Waals surface area contributed by atoms with Gasteiger partial charge in [-0.15, -0.1) is 0 Å². The van der Waals surface area contributed by atoms with Gasteiger partial charge in [-0.2, -0.15) is 13.2 Å². The average Bonchev–Trinajstić information content (AvgIpc) is 1.61. The molecular weight excluding hydrogens is 1100 g/mol. The lowest BCUT2D eigenvalue weighted by molar-refractivity contribution is -0.137. The summed E-state index contributed by atoms with van der Waals surface area (Å²) in [6.07, 6.45) is -2.84. The van der Waals surface area contributed by atoms with Crippen molar-refractivity contribution in [1.82, 2.24) is 25.5 Å². The number of alkyl halides is 3. The molecule has 2 saturated heterocycles. The number of nitrogens with zero attached hydrogens (tertiary/aromatic N) is 4. The fourth-order valence-corrected chi connectivity index (χ4v) is 11.1. The molecule has 21 nitrogen and oxygen atoms in total. The summed E-state index contributed by atoms with van der Waals surface area (Å²) in [5, 5.41) is 50.7. The Morgan fingerprint density at radius 3 is 2.23 bits per heavy atom. The van der Waals surface area contributed by atoms with Crippen molar-refractivity contribution in [2.24, 2.45) is 28.7 Å². The zero-order chi connectivity index (χ0) is 60.9. The number of rotatable bonds is 9. The first-order valence-corrected chi connectivity index (χ1v) is 27.8. The number of ketones is 3. The van der Waals surface area contributed by atoms with Crippen LogP contribution in [0.3, 0.4) is 0 Å². The predicted octanol–water partition coefficient (Wildman–Crippen LogP) is 6.67. The first-order valence-electron chi connectivity index (χ1n) is 27.8. The number of amidine groups is 1. The van der Waals surface area contributed by atoms with E-state index in [9.17, 15) is 57.7 Å². The molecule has 3 aromatic rings. The van der Waals surface area contributed by atoms with Crippen molar-refractivity contribution in [3.8, 4) is 11.5 Å². The molecule has 0 unspecified atom stereocenters. The van der Waals surface area contributed by atoms with Gasteiger partial charge in [-0.25, -0.2) is 9.79 Å². The molecule has 6 aliphatic rings. The van der Waals surface area contributed by atoms with E-state index >= 15 is 0 Å². The number of piperazine rings is 1. The zero-order valence-corrected chi connectivity index (χ0v) is 48.0. The smallest absolute Gasteiger partial charge is 0.418 e. The van der Waals surface area contributed by atoms with Gasteiger partial charge in [0.15, 0.2) is 5.84 Å². The normalized spacial score (nSPS) is 26.8. The number of benzene rings is 3. The van der Waals surface area contributed by atoms with Gasteiger partial charge in [-0.05, 0) is 50.3 Å². The quantitative estimate of drug-likeness (QED) is 0.0670. The van der Waals surface area contributed by atoms with E-state index in [2.05, 4.69) is 15.6 Å². The number of amides is 2. The lowest BCUT2D eigenvalue weighted by Crippen LogP contribution is -2.52. The third kappa shape index (κ3) is 13.0. The molecule has 3 aromatic carbocycles. The van der Waals surface area contributed by atoms with Gasteiger partial charge in [0, 0.05) is 112 Å². The van der Waals surface area contributed by atoms with Crippen LogP contribution in [0.15, 0.2) is 101 Å². The van der Waals surface area contributed by atoms with Gasteiger partial charge in [0.2, 0.25) is 11.6 Å². The number of hydroxylamine groups is 1. The summed E-state index contributed by atoms with van der Waals surface area (Å²) in [4.78, 5) is 81.6. The molecule has 0 spiro atoms. The third-order valence-electron chi connectivity index (χ3n) is 16.3. The number of aliphatic imine (C=N–C) groups is 1. The van der Waals surface area contributed by atoms with Crippen molar-refractivity contribution in [3.63, 3.8) is 0 Å². The lowest BCUT2D eigenvalue weighted by Gasteiger charge is -2.40. The van der Waals surface area contributed by atoms with Crippen molar-refractivity contribution in [3.05, 3.63) is 129 Å². The number of allylic oxidation sites excluding steroid dienone is 4. The van der Waals surface area contributed by atoms with Crippen LogP contribution >= 0.6 is 0 Å². The molecule has 0 saturated carbocycles. The molecule has 24 heteroatoms. The number of Topliss-reactive ketones (excluding diaryl/α,β-unsaturated/α-hetero) is 3. The predicted molar refractivity (Wildman–Crippen MR) is 301 cm³/mol. The van der Waals surface area contributed by atoms with E-state index in [4.69, 9.17) is 23.7 Å². The van der Waals surface area contributed by atoms with Crippen LogP contribution in [0.4, 0.5) is 29.3 Å². The molecule has 84 heavy (non-hydrogen) atoms. The number of hydrogen-bond donors (Lipinski definition) is 7. The molecule has 5 bridgehead atoms. The van der Waals surface area contributed by atoms with Gasteiger partial charge in [0.25, 0.3) is 11.7 Å². The van der Waals surface area contributed by atoms with E-state index in [1.807, 2.05) is 10.4 Å². The fraction of sp³-hybridized carbons (Fsp3) is 0.467. The highest BCUT2D eigenvalue weighted by Gasteiger charge is 2.53. The molecule has 7 N–H and O–H groups in total. The Morgan fingerprint density at radius 2 is 1.57 bits per heavy atom. The van der Waals surface area contributed by atoms with Crippen LogP contribution in [0.1, 0.15) is 89.3 Å². The van der Waals surface area contributed by atoms with E-state index in [0.717, 1.165) is 12.3 Å². The maximum absolute atomic E-state index is 14.9. The summed E-state index contributed by atoms with van der Waals surface area (Å²) >= 11 is 0. The summed E-state index contributed by atoms with van der Waals surface area (Å²) in [5.41, 5.74) is -0.609. The van der Waals surface area contributed by atoms with Gasteiger partial charge in [-0.3, -0.25) is 34.8 Å². The fourth-order valence-electron chi connectivity index (χ4n) is 11.1. The van der Waals surface area contributed by atoms with Crippen LogP contribution in [0.25, 0.3) is 0 Å². The van der Waals surface area contributed by atoms with Crippen molar-refractivity contribution in [2.45, 2.75) is 84.8 Å². The number of ether oxygens (including phenoxy) is 5. The van der Waals surface area contributed by atoms with E-state index in [0.29, 0.717) is 25.3 Å². The largest absolute Gasteiger partial charge is 0.507 e. The zero-order valence-electron chi connectivity index (χ0n) is 48.0. The minimum Gasteiger partial charge on any atom is -0.507 e. The SMILES string of the molecule is CO[C@H]1C=CO[C@@]2(C)Oc3c(C)c(O)c4c(c3C2=O)C(=O)C(N2CCOCC2)=C(NC(=O)C(C)=CC=C[C@H](C)[C@H](O)[C@@H](C)[C@@H](O)[C@@H](C)[C@H](OC(=O)N2CCN(CCNc3ccc(C(=Nc5ccccc5)NO)cc3C(F)(F)F)CC2)[C@@H]1C)C4=O. The number of phenolic OH excluding ortho intramolecular Hbond substituents is 1. The van der Waals surface area contributed by atoms with Crippen molar-refractivity contribution < 1.29 is 81.4 Å². The number of phenols is 1. The highest BCUT2D eigenvalue weighted by atomic mass is 19.4. The Kier molecular flexibility index (Phi) is 19.4. The monoisotopic (exact) mass is 1170 g/mol. The summed E-state index contributed by atoms with van der Waals surface area (Å²) in [7, 11) is 1.39. The van der Waals surface area contributed by atoms with Gasteiger partial charge >= 0.3 is 18.1 Å². The number of methoxy groups -OCH3 is 1. The first-order chi connectivity index (χ1) is 39.9. The Balaban J connectivity index is 1.02. The van der Waals surface area contributed by atoms with Crippen LogP contribution in [0.5, 0.6) is 11.5 Å². The summed E-state index contributed by atoms with van der Waals surface area (Å²) in [6.45, 7) is 13.0. The Morgan fingerprint density at radius 1 is 0.881 bits per heavy atom. The minimum atomic E-state index is -4.75. The van der Waals surface area contributed by atoms with Gasteiger partial charge in [0.1, 0.15) is 29.0 Å². The van der Waals surface area contributed by atoms with E-state index in [-0.39, 0.29) is 91.2 Å². The number of aliphatic hydroxyl groups is 2. The maximum Gasteiger partial charge on any atom is 0.418 e. The molecule has 2 amide bonds. The average molecular weight is 1170 g/mol. The number of carbonyl (C=O) groups is 5. The van der Waals surface area contributed by atoms with Crippen molar-refractivity contribution >= 4 is 46.6 Å². The Bertz CT molecular complexity index is 3150. The Hall–Kier alpha value is -7.61. The molecule has 452 valence electrons. The summed E-state index contributed by atoms with van der Waals surface area (Å²) in [5.74, 6) is -9.66. The molecule has 5 heterocycles. The molecule has 5 aliphatic heterocycles. The van der Waals surface area contributed by atoms with Gasteiger partial charge < -0.3 is 59.4 Å². The van der Waals surface area contributed by atoms with Crippen LogP contribution in [0, 0.1) is 30.6 Å². The van der Waals surface area contributed by atoms with Crippen LogP contribution in [-0.4, -0.2) is 173 Å². The molecule has 1 aliphatic carbocycles. The van der Waals surface area contributed by atoms with E-state index in [1.54, 1.807) is 69.0 Å². The standard InChI is InChI=1S/C60H72F3N7O14/c1-32-13-12-14-33(2)57(77)66-46-47(69-26-29-81-30-27-69)52(75)43-44(51(46)74)50(73)37(6)54-45(43)55(76)59(7,84-54)82-28-19-42(80-8)34(3)53(36(5)49(72)35(4)48(32)71)83-58(78)70-24-22-68(23-25-70)21-20-64-41-18-17-38(31-40(41)60(61,62)63)56(67-79)65-39-15-10-9-11-16-39/h9-19,28,31-32,34-36,42,48-49,53,64,71-73,79H,20-27,29-30H2,1-8H3,(H,65,67)(H,66,77)/t32-,34+,35+,36+,42-,48-,49+,53+,59-/m0/s1. The van der Waals surface area contributed by atoms with Crippen molar-refractivity contribution in [2.75, 3.05) is 78.0 Å². The molecule has 2 fully saturated rings. The van der Waals surface area contributed by atoms with Crippen LogP contribution in [0.2, 0.25) is 0 Å². The number of aliphatic hydroxyl groups excluding tert-OH is 2. The number of carbonyl (C=O) groups excluding carboxylic acids is 5. The van der Waals surface area contributed by atoms with Gasteiger partial charge in [-0.1, -0.05) is 64.1 Å². The number of morpholine rings is 1. The van der Waals surface area contributed by atoms with E-state index < -0.39 is 118 Å². The van der Waals surface area contributed by atoms with E-state index in [1.165, 1.54) is 63.1 Å². The van der Waals surface area contributed by atoms with Gasteiger partial charge in [0.05, 0.1) is 65.7 Å². The molecular formula is C60H72F3N7O14. The first kappa shape index (κ1) is 62.4. The number of hydrogen-bond acceptors (Lipinski definition) is 18. The topological polar surface area (TPSA) is 271 Å². The molecule has 0 radical (unpaired) electrons. The minimum absolute atomic E-state index is 0.00816. The highest BCUT2D eigenvalue weighted by Crippen LogP contribution is 2.49. The number of aromatic hydroxyl groups is 1. The summed E-state index contributed by atoms with van der Waals surface area (Å²) in [6, 6.07) is 12.0. The number of fused-ring (bicyclic) bond motifs is 14. The number of halogens is 3. The second kappa shape index (κ2) is 26.1. The maximum atomic E-state index is 14.9. The molecule has 9 rings (SSSR count). The van der Waals surface area contributed by atoms with Crippen molar-refractivity contribution in [1.29, 1.82) is 0 Å². The number of anilines is 1. The highest BCUT2D eigenvalue weighted by molar-refractivity contribution is 6.32. The second-order valence-corrected chi connectivity index (χ2v) is 21.8. The summed E-state index contributed by atoms with van der Waals surface area (Å²) < 4.78 is 73.2. The lowest BCUT2D eigenvalue weighted by atomic mass is 9.78. The van der Waals surface area contributed by atoms with Crippen LogP contribution in [-0.2, 0) is 29.9 Å². The second-order valence-electron chi connectivity index (χ2n) is 21.8. The molecule has 9 atom stereocenters. The number of para-hydroxylation sites is 1. The third-order valence-corrected chi connectivity index (χ3v) is 16.3. The van der Waals surface area contributed by atoms with Crippen LogP contribution < -0.4 is 20.9 Å². The number of nitrogens with one attached hydrogen (secondary N) is 3.